The molecule has 0 atom stereocenters. The monoisotopic (exact) mass is 322 g/mol. The summed E-state index contributed by atoms with van der Waals surface area (Å²) < 4.78 is 19.1. The smallest absolute Gasteiger partial charge is 0.134 e. The van der Waals surface area contributed by atoms with Gasteiger partial charge in [0.05, 0.1) is 4.47 Å². The summed E-state index contributed by atoms with van der Waals surface area (Å²) in [5.74, 6) is 0.465. The molecule has 0 aromatic heterocycles. The Labute approximate surface area is 98.9 Å². The largest absolute Gasteiger partial charge is 0.489 e. The van der Waals surface area contributed by atoms with Crippen LogP contribution in [-0.4, -0.2) is 10.9 Å². The SMILES string of the molecule is Fc1ccc(OC2CC(Br)C2)c(Br)c1. The molecule has 1 aromatic carbocycles. The maximum atomic E-state index is 12.7. The number of hydrogen-bond donors (Lipinski definition) is 0. The van der Waals surface area contributed by atoms with Crippen molar-refractivity contribution >= 4 is 31.9 Å². The maximum absolute atomic E-state index is 12.7. The van der Waals surface area contributed by atoms with E-state index in [2.05, 4.69) is 31.9 Å². The number of rotatable bonds is 2. The van der Waals surface area contributed by atoms with E-state index in [0.29, 0.717) is 9.30 Å². The fourth-order valence-electron chi connectivity index (χ4n) is 1.35. The lowest BCUT2D eigenvalue weighted by Gasteiger charge is -2.31. The van der Waals surface area contributed by atoms with Crippen LogP contribution in [0.1, 0.15) is 12.8 Å². The van der Waals surface area contributed by atoms with Gasteiger partial charge >= 0.3 is 0 Å². The van der Waals surface area contributed by atoms with Gasteiger partial charge < -0.3 is 4.74 Å². The van der Waals surface area contributed by atoms with Gasteiger partial charge in [0.1, 0.15) is 17.7 Å². The quantitative estimate of drug-likeness (QED) is 0.750. The van der Waals surface area contributed by atoms with Crippen LogP contribution in [0.3, 0.4) is 0 Å². The van der Waals surface area contributed by atoms with E-state index in [-0.39, 0.29) is 11.9 Å². The topological polar surface area (TPSA) is 9.23 Å². The molecule has 76 valence electrons. The third-order valence-corrected chi connectivity index (χ3v) is 3.59. The van der Waals surface area contributed by atoms with E-state index in [4.69, 9.17) is 4.74 Å². The average molecular weight is 324 g/mol. The van der Waals surface area contributed by atoms with Crippen molar-refractivity contribution in [1.82, 2.24) is 0 Å². The zero-order valence-corrected chi connectivity index (χ0v) is 10.5. The summed E-state index contributed by atoms with van der Waals surface area (Å²) in [4.78, 5) is 0.576. The summed E-state index contributed by atoms with van der Waals surface area (Å²) in [6.07, 6.45) is 2.30. The third kappa shape index (κ3) is 2.28. The molecule has 1 fully saturated rings. The highest BCUT2D eigenvalue weighted by Gasteiger charge is 2.28. The van der Waals surface area contributed by atoms with Crippen LogP contribution in [0.5, 0.6) is 5.75 Å². The molecule has 4 heteroatoms. The highest BCUT2D eigenvalue weighted by molar-refractivity contribution is 9.10. The second kappa shape index (κ2) is 4.19. The number of benzene rings is 1. The predicted molar refractivity (Wildman–Crippen MR) is 60.5 cm³/mol. The van der Waals surface area contributed by atoms with E-state index in [1.165, 1.54) is 12.1 Å². The van der Waals surface area contributed by atoms with Crippen LogP contribution in [0.2, 0.25) is 0 Å². The Kier molecular flexibility index (Phi) is 3.12. The molecule has 1 saturated carbocycles. The lowest BCUT2D eigenvalue weighted by Crippen LogP contribution is -2.34. The Balaban J connectivity index is 2.02. The second-order valence-corrected chi connectivity index (χ2v) is 5.53. The normalized spacial score (nSPS) is 25.6. The molecule has 0 bridgehead atoms. The van der Waals surface area contributed by atoms with Crippen LogP contribution in [-0.2, 0) is 0 Å². The summed E-state index contributed by atoms with van der Waals surface area (Å²) in [6, 6.07) is 4.48. The molecule has 0 unspecified atom stereocenters. The lowest BCUT2D eigenvalue weighted by atomic mass is 9.96. The van der Waals surface area contributed by atoms with Gasteiger partial charge in [-0.1, -0.05) is 15.9 Å². The lowest BCUT2D eigenvalue weighted by molar-refractivity contribution is 0.127. The van der Waals surface area contributed by atoms with Crippen molar-refractivity contribution in [2.75, 3.05) is 0 Å². The third-order valence-electron chi connectivity index (χ3n) is 2.22. The Hall–Kier alpha value is -0.0900. The van der Waals surface area contributed by atoms with Crippen LogP contribution in [0.4, 0.5) is 4.39 Å². The highest BCUT2D eigenvalue weighted by Crippen LogP contribution is 2.34. The first kappa shape index (κ1) is 10.4. The standard InChI is InChI=1S/C10H9Br2FO/c11-6-3-8(4-6)14-10-2-1-7(13)5-9(10)12/h1-2,5-6,8H,3-4H2. The van der Waals surface area contributed by atoms with Crippen LogP contribution in [0, 0.1) is 5.82 Å². The van der Waals surface area contributed by atoms with Gasteiger partial charge in [0.2, 0.25) is 0 Å². The van der Waals surface area contributed by atoms with E-state index in [0.717, 1.165) is 18.6 Å². The average Bonchev–Trinajstić information content (AvgIpc) is 2.06. The molecule has 1 nitrogen and oxygen atoms in total. The van der Waals surface area contributed by atoms with Crippen LogP contribution in [0.15, 0.2) is 22.7 Å². The molecule has 1 aliphatic carbocycles. The van der Waals surface area contributed by atoms with Gasteiger partial charge in [0.25, 0.3) is 0 Å². The van der Waals surface area contributed by atoms with Crippen molar-refractivity contribution in [1.29, 1.82) is 0 Å². The molecule has 14 heavy (non-hydrogen) atoms. The van der Waals surface area contributed by atoms with E-state index in [9.17, 15) is 4.39 Å². The first-order chi connectivity index (χ1) is 6.65. The van der Waals surface area contributed by atoms with Crippen molar-refractivity contribution in [2.24, 2.45) is 0 Å². The Bertz CT molecular complexity index is 337. The Morgan fingerprint density at radius 1 is 1.36 bits per heavy atom. The van der Waals surface area contributed by atoms with Gasteiger partial charge in [-0.2, -0.15) is 0 Å². The molecule has 0 heterocycles. The van der Waals surface area contributed by atoms with E-state index in [1.807, 2.05) is 0 Å². The summed E-state index contributed by atoms with van der Waals surface area (Å²) >= 11 is 6.76. The number of halogens is 3. The predicted octanol–water partition coefficient (Wildman–Crippen LogP) is 3.89. The van der Waals surface area contributed by atoms with E-state index >= 15 is 0 Å². The van der Waals surface area contributed by atoms with Gasteiger partial charge in [0, 0.05) is 4.83 Å². The Morgan fingerprint density at radius 3 is 2.64 bits per heavy atom. The van der Waals surface area contributed by atoms with E-state index in [1.54, 1.807) is 6.07 Å². The number of hydrogen-bond acceptors (Lipinski definition) is 1. The van der Waals surface area contributed by atoms with Gasteiger partial charge in [0.15, 0.2) is 0 Å². The van der Waals surface area contributed by atoms with Crippen molar-refractivity contribution in [3.63, 3.8) is 0 Å². The van der Waals surface area contributed by atoms with Crippen molar-refractivity contribution < 1.29 is 9.13 Å². The fourth-order valence-corrected chi connectivity index (χ4v) is 2.63. The van der Waals surface area contributed by atoms with Crippen LogP contribution in [0.25, 0.3) is 0 Å². The molecule has 0 radical (unpaired) electrons. The summed E-state index contributed by atoms with van der Waals surface area (Å²) in [6.45, 7) is 0. The van der Waals surface area contributed by atoms with E-state index < -0.39 is 0 Å². The molecule has 0 aliphatic heterocycles. The first-order valence-electron chi connectivity index (χ1n) is 4.41. The zero-order valence-electron chi connectivity index (χ0n) is 7.34. The molecule has 1 aromatic rings. The second-order valence-electron chi connectivity index (χ2n) is 3.38. The minimum absolute atomic E-state index is 0.254. The fraction of sp³-hybridized carbons (Fsp3) is 0.400. The number of alkyl halides is 1. The zero-order chi connectivity index (χ0) is 10.1. The minimum Gasteiger partial charge on any atom is -0.489 e. The molecule has 0 spiro atoms. The van der Waals surface area contributed by atoms with Gasteiger partial charge in [-0.25, -0.2) is 4.39 Å². The highest BCUT2D eigenvalue weighted by atomic mass is 79.9. The Morgan fingerprint density at radius 2 is 2.07 bits per heavy atom. The summed E-state index contributed by atoms with van der Waals surface area (Å²) in [5, 5.41) is 0. The van der Waals surface area contributed by atoms with Crippen molar-refractivity contribution in [3.8, 4) is 5.75 Å². The minimum atomic E-state index is -0.254. The van der Waals surface area contributed by atoms with Gasteiger partial charge in [-0.15, -0.1) is 0 Å². The molecule has 1 aliphatic rings. The molecule has 0 saturated heterocycles. The van der Waals surface area contributed by atoms with Gasteiger partial charge in [-0.05, 0) is 47.0 Å². The molecule has 2 rings (SSSR count). The first-order valence-corrected chi connectivity index (χ1v) is 6.12. The molecular weight excluding hydrogens is 315 g/mol. The van der Waals surface area contributed by atoms with Crippen molar-refractivity contribution in [2.45, 2.75) is 23.8 Å². The number of ether oxygens (including phenoxy) is 1. The van der Waals surface area contributed by atoms with Crippen LogP contribution >= 0.6 is 31.9 Å². The maximum Gasteiger partial charge on any atom is 0.134 e. The van der Waals surface area contributed by atoms with Gasteiger partial charge in [-0.3, -0.25) is 0 Å². The van der Waals surface area contributed by atoms with Crippen molar-refractivity contribution in [3.05, 3.63) is 28.5 Å². The summed E-state index contributed by atoms with van der Waals surface area (Å²) in [5.41, 5.74) is 0. The van der Waals surface area contributed by atoms with Crippen LogP contribution < -0.4 is 4.74 Å². The molecular formula is C10H9Br2FO. The summed E-state index contributed by atoms with van der Waals surface area (Å²) in [7, 11) is 0. The molecule has 0 N–H and O–H groups in total. The molecule has 0 amide bonds.